The van der Waals surface area contributed by atoms with E-state index in [0.717, 1.165) is 19.3 Å². The van der Waals surface area contributed by atoms with Gasteiger partial charge in [0.25, 0.3) is 5.56 Å². The summed E-state index contributed by atoms with van der Waals surface area (Å²) in [4.78, 5) is 11.8. The van der Waals surface area contributed by atoms with E-state index in [1.165, 1.54) is 12.6 Å². The van der Waals surface area contributed by atoms with Crippen molar-refractivity contribution in [2.75, 3.05) is 11.9 Å². The minimum Gasteiger partial charge on any atom is -0.382 e. The van der Waals surface area contributed by atoms with E-state index in [2.05, 4.69) is 17.3 Å². The molecule has 0 amide bonds. The fourth-order valence-electron chi connectivity index (χ4n) is 2.49. The zero-order valence-electron chi connectivity index (χ0n) is 11.6. The summed E-state index contributed by atoms with van der Waals surface area (Å²) < 4.78 is 37.2. The van der Waals surface area contributed by atoms with Crippen molar-refractivity contribution in [2.24, 2.45) is 5.41 Å². The van der Waals surface area contributed by atoms with Gasteiger partial charge in [-0.1, -0.05) is 24.9 Å². The highest BCUT2D eigenvalue weighted by Gasteiger charge is 2.35. The average molecular weight is 324 g/mol. The Balaban J connectivity index is 2.12. The average Bonchev–Trinajstić information content (AvgIpc) is 2.35. The molecule has 1 N–H and O–H groups in total. The van der Waals surface area contributed by atoms with E-state index >= 15 is 0 Å². The van der Waals surface area contributed by atoms with E-state index < -0.39 is 18.3 Å². The number of hydrogen-bond acceptors (Lipinski definition) is 3. The molecule has 8 heteroatoms. The van der Waals surface area contributed by atoms with E-state index in [-0.39, 0.29) is 10.4 Å². The SMILES string of the molecule is CCC1(CNc2cnn(CC(F)(F)F)c(=O)c2Cl)CCC1. The maximum atomic E-state index is 12.3. The number of nitrogens with one attached hydrogen (secondary N) is 1. The van der Waals surface area contributed by atoms with E-state index in [1.54, 1.807) is 0 Å². The van der Waals surface area contributed by atoms with Gasteiger partial charge >= 0.3 is 6.18 Å². The molecule has 0 aliphatic heterocycles. The number of nitrogens with zero attached hydrogens (tertiary/aromatic N) is 2. The van der Waals surface area contributed by atoms with Crippen LogP contribution in [0.1, 0.15) is 32.6 Å². The molecule has 1 aliphatic rings. The van der Waals surface area contributed by atoms with Crippen LogP contribution in [0.25, 0.3) is 0 Å². The highest BCUT2D eigenvalue weighted by Crippen LogP contribution is 2.43. The first kappa shape index (κ1) is 16.1. The van der Waals surface area contributed by atoms with Crippen LogP contribution in [0.5, 0.6) is 0 Å². The Labute approximate surface area is 125 Å². The molecule has 1 aromatic heterocycles. The third kappa shape index (κ3) is 3.70. The fourth-order valence-corrected chi connectivity index (χ4v) is 2.70. The second kappa shape index (κ2) is 5.87. The monoisotopic (exact) mass is 323 g/mol. The molecule has 0 radical (unpaired) electrons. The Morgan fingerprint density at radius 3 is 2.62 bits per heavy atom. The molecule has 21 heavy (non-hydrogen) atoms. The highest BCUT2D eigenvalue weighted by molar-refractivity contribution is 6.32. The van der Waals surface area contributed by atoms with Gasteiger partial charge in [0.05, 0.1) is 11.9 Å². The third-order valence-electron chi connectivity index (χ3n) is 4.13. The smallest absolute Gasteiger partial charge is 0.382 e. The van der Waals surface area contributed by atoms with Crippen LogP contribution in [0.2, 0.25) is 5.02 Å². The summed E-state index contributed by atoms with van der Waals surface area (Å²) in [5.74, 6) is 0. The summed E-state index contributed by atoms with van der Waals surface area (Å²) in [6, 6.07) is 0. The molecule has 0 saturated heterocycles. The van der Waals surface area contributed by atoms with Crippen LogP contribution in [-0.2, 0) is 6.54 Å². The van der Waals surface area contributed by atoms with Crippen LogP contribution < -0.4 is 10.9 Å². The number of rotatable bonds is 5. The molecular formula is C13H17ClF3N3O. The Morgan fingerprint density at radius 1 is 1.48 bits per heavy atom. The van der Waals surface area contributed by atoms with E-state index in [9.17, 15) is 18.0 Å². The molecule has 4 nitrogen and oxygen atoms in total. The lowest BCUT2D eigenvalue weighted by Gasteiger charge is -2.41. The van der Waals surface area contributed by atoms with Gasteiger partial charge in [-0.25, -0.2) is 4.68 Å². The van der Waals surface area contributed by atoms with Crippen molar-refractivity contribution in [3.63, 3.8) is 0 Å². The fraction of sp³-hybridized carbons (Fsp3) is 0.692. The van der Waals surface area contributed by atoms with Gasteiger partial charge in [0.1, 0.15) is 11.6 Å². The molecule has 0 unspecified atom stereocenters. The number of aromatic nitrogens is 2. The largest absolute Gasteiger partial charge is 0.408 e. The van der Waals surface area contributed by atoms with E-state index in [4.69, 9.17) is 11.6 Å². The predicted molar refractivity (Wildman–Crippen MR) is 74.6 cm³/mol. The van der Waals surface area contributed by atoms with Gasteiger partial charge < -0.3 is 5.32 Å². The summed E-state index contributed by atoms with van der Waals surface area (Å²) in [6.07, 6.45) is 1.06. The first-order valence-corrected chi connectivity index (χ1v) is 7.20. The molecule has 1 heterocycles. The minimum absolute atomic E-state index is 0.199. The molecule has 1 fully saturated rings. The first-order valence-electron chi connectivity index (χ1n) is 6.83. The number of anilines is 1. The summed E-state index contributed by atoms with van der Waals surface area (Å²) in [5, 5.41) is 6.33. The van der Waals surface area contributed by atoms with Gasteiger partial charge in [-0.05, 0) is 24.7 Å². The van der Waals surface area contributed by atoms with E-state index in [1.807, 2.05) is 0 Å². The Hall–Kier alpha value is -1.24. The topological polar surface area (TPSA) is 46.9 Å². The van der Waals surface area contributed by atoms with Gasteiger partial charge in [-0.15, -0.1) is 0 Å². The second-order valence-corrected chi connectivity index (χ2v) is 5.89. The van der Waals surface area contributed by atoms with Gasteiger partial charge in [0.15, 0.2) is 0 Å². The summed E-state index contributed by atoms with van der Waals surface area (Å²) in [7, 11) is 0. The van der Waals surface area contributed by atoms with E-state index in [0.29, 0.717) is 16.9 Å². The molecule has 0 aromatic carbocycles. The van der Waals surface area contributed by atoms with Crippen molar-refractivity contribution in [3.05, 3.63) is 21.6 Å². The van der Waals surface area contributed by atoms with Crippen molar-refractivity contribution in [1.82, 2.24) is 9.78 Å². The van der Waals surface area contributed by atoms with Crippen molar-refractivity contribution < 1.29 is 13.2 Å². The van der Waals surface area contributed by atoms with Crippen molar-refractivity contribution in [2.45, 2.75) is 45.3 Å². The number of halogens is 4. The molecule has 0 spiro atoms. The molecule has 1 aromatic rings. The molecule has 1 aliphatic carbocycles. The maximum absolute atomic E-state index is 12.3. The van der Waals surface area contributed by atoms with Crippen LogP contribution in [0.15, 0.2) is 11.0 Å². The number of alkyl halides is 3. The lowest BCUT2D eigenvalue weighted by atomic mass is 9.67. The number of hydrogen-bond donors (Lipinski definition) is 1. The Morgan fingerprint density at radius 2 is 2.14 bits per heavy atom. The molecule has 1 saturated carbocycles. The maximum Gasteiger partial charge on any atom is 0.408 e. The molecule has 0 bridgehead atoms. The molecule has 118 valence electrons. The van der Waals surface area contributed by atoms with Crippen LogP contribution in [0.4, 0.5) is 18.9 Å². The lowest BCUT2D eigenvalue weighted by molar-refractivity contribution is -0.143. The Kier molecular flexibility index (Phi) is 4.51. The van der Waals surface area contributed by atoms with Crippen LogP contribution >= 0.6 is 11.6 Å². The zero-order chi connectivity index (χ0) is 15.7. The van der Waals surface area contributed by atoms with Gasteiger partial charge in [0, 0.05) is 6.54 Å². The normalized spacial score (nSPS) is 17.4. The summed E-state index contributed by atoms with van der Waals surface area (Å²) in [6.45, 7) is 1.31. The lowest BCUT2D eigenvalue weighted by Crippen LogP contribution is -2.36. The summed E-state index contributed by atoms with van der Waals surface area (Å²) in [5.41, 5.74) is -0.442. The standard InChI is InChI=1S/C13H17ClF3N3O/c1-2-12(4-3-5-12)7-18-9-6-19-20(8-13(15,16)17)11(21)10(9)14/h6,18H,2-5,7-8H2,1H3. The zero-order valence-corrected chi connectivity index (χ0v) is 12.4. The van der Waals surface area contributed by atoms with Gasteiger partial charge in [-0.3, -0.25) is 4.79 Å². The highest BCUT2D eigenvalue weighted by atomic mass is 35.5. The van der Waals surface area contributed by atoms with Crippen molar-refractivity contribution in [1.29, 1.82) is 0 Å². The first-order chi connectivity index (χ1) is 9.76. The predicted octanol–water partition coefficient (Wildman–Crippen LogP) is 3.45. The molecular weight excluding hydrogens is 307 g/mol. The third-order valence-corrected chi connectivity index (χ3v) is 4.50. The van der Waals surface area contributed by atoms with Crippen LogP contribution in [0.3, 0.4) is 0 Å². The molecule has 2 rings (SSSR count). The summed E-state index contributed by atoms with van der Waals surface area (Å²) >= 11 is 5.86. The molecule has 0 atom stereocenters. The van der Waals surface area contributed by atoms with Crippen molar-refractivity contribution in [3.8, 4) is 0 Å². The van der Waals surface area contributed by atoms with Crippen LogP contribution in [0, 0.1) is 5.41 Å². The quantitative estimate of drug-likeness (QED) is 0.902. The Bertz CT molecular complexity index is 561. The van der Waals surface area contributed by atoms with Gasteiger partial charge in [0.2, 0.25) is 0 Å². The van der Waals surface area contributed by atoms with Gasteiger partial charge in [-0.2, -0.15) is 18.3 Å². The minimum atomic E-state index is -4.51. The van der Waals surface area contributed by atoms with Crippen molar-refractivity contribution >= 4 is 17.3 Å². The van der Waals surface area contributed by atoms with Crippen LogP contribution in [-0.4, -0.2) is 22.5 Å². The second-order valence-electron chi connectivity index (χ2n) is 5.51.